The molecule has 0 aromatic rings. The summed E-state index contributed by atoms with van der Waals surface area (Å²) in [4.78, 5) is 0. The Hall–Kier alpha value is -0.640. The molecule has 1 spiro atoms. The highest BCUT2D eigenvalue weighted by Crippen LogP contribution is 2.65. The first kappa shape index (κ1) is 17.2. The monoisotopic (exact) mass is 369 g/mol. The molecule has 2 aliphatic heterocycles. The van der Waals surface area contributed by atoms with Gasteiger partial charge in [0.15, 0.2) is 0 Å². The first-order chi connectivity index (χ1) is 13.0. The van der Waals surface area contributed by atoms with Gasteiger partial charge >= 0.3 is 0 Å². The summed E-state index contributed by atoms with van der Waals surface area (Å²) in [5.74, 6) is 3.08. The summed E-state index contributed by atoms with van der Waals surface area (Å²) in [7, 11) is 0. The van der Waals surface area contributed by atoms with Crippen LogP contribution in [0.3, 0.4) is 0 Å². The maximum absolute atomic E-state index is 10.2. The number of aliphatic hydroxyl groups is 1. The van der Waals surface area contributed by atoms with Gasteiger partial charge in [0.1, 0.15) is 0 Å². The number of nitrogens with one attached hydrogen (secondary N) is 1. The van der Waals surface area contributed by atoms with Crippen molar-refractivity contribution >= 4 is 0 Å². The Bertz CT molecular complexity index is 686. The minimum atomic E-state index is -0.110. The summed E-state index contributed by atoms with van der Waals surface area (Å²) in [6.45, 7) is 8.34. The van der Waals surface area contributed by atoms with Gasteiger partial charge in [-0.25, -0.2) is 0 Å². The van der Waals surface area contributed by atoms with Crippen molar-refractivity contribution in [1.29, 1.82) is 0 Å². The topological polar surface area (TPSA) is 41.5 Å². The largest absolute Gasteiger partial charge is 0.393 e. The molecule has 0 aromatic carbocycles. The van der Waals surface area contributed by atoms with Crippen molar-refractivity contribution in [3.05, 3.63) is 23.8 Å². The lowest BCUT2D eigenvalue weighted by molar-refractivity contribution is -0.0455. The zero-order valence-corrected chi connectivity index (χ0v) is 16.8. The molecule has 3 nitrogen and oxygen atoms in total. The number of ether oxygens (including phenoxy) is 1. The summed E-state index contributed by atoms with van der Waals surface area (Å²) in [5.41, 5.74) is 3.31. The predicted molar refractivity (Wildman–Crippen MR) is 106 cm³/mol. The van der Waals surface area contributed by atoms with E-state index in [2.05, 4.69) is 18.3 Å². The highest BCUT2D eigenvalue weighted by Gasteiger charge is 2.60. The van der Waals surface area contributed by atoms with E-state index < -0.39 is 0 Å². The number of hydrogen-bond acceptors (Lipinski definition) is 3. The Morgan fingerprint density at radius 1 is 1.22 bits per heavy atom. The van der Waals surface area contributed by atoms with Crippen LogP contribution in [-0.4, -0.2) is 35.5 Å². The minimum Gasteiger partial charge on any atom is -0.393 e. The smallest absolute Gasteiger partial charge is 0.0912 e. The van der Waals surface area contributed by atoms with E-state index in [-0.39, 0.29) is 11.7 Å². The molecule has 148 valence electrons. The zero-order valence-electron chi connectivity index (χ0n) is 16.8. The summed E-state index contributed by atoms with van der Waals surface area (Å²) >= 11 is 0. The van der Waals surface area contributed by atoms with Gasteiger partial charge in [0.05, 0.1) is 17.8 Å². The maximum Gasteiger partial charge on any atom is 0.0912 e. The van der Waals surface area contributed by atoms with Crippen LogP contribution in [0, 0.1) is 29.1 Å². The molecule has 9 atom stereocenters. The average molecular weight is 370 g/mol. The van der Waals surface area contributed by atoms with Crippen molar-refractivity contribution in [2.24, 2.45) is 29.1 Å². The quantitative estimate of drug-likeness (QED) is 0.635. The van der Waals surface area contributed by atoms with Crippen molar-refractivity contribution < 1.29 is 9.84 Å². The Balaban J connectivity index is 1.28. The zero-order chi connectivity index (χ0) is 18.4. The first-order valence-corrected chi connectivity index (χ1v) is 11.5. The average Bonchev–Trinajstić information content (AvgIpc) is 3.31. The van der Waals surface area contributed by atoms with Crippen LogP contribution in [-0.2, 0) is 4.74 Å². The highest BCUT2D eigenvalue weighted by molar-refractivity contribution is 5.31. The van der Waals surface area contributed by atoms with Gasteiger partial charge in [-0.15, -0.1) is 0 Å². The first-order valence-electron chi connectivity index (χ1n) is 11.5. The van der Waals surface area contributed by atoms with Crippen molar-refractivity contribution in [2.45, 2.75) is 88.6 Å². The molecule has 27 heavy (non-hydrogen) atoms. The SMILES string of the molecule is C=C1[C@@H]2C[C@H]3[C@@H](CC=C4C[C@@H](O)CC[C@@]43C)[C@@H]2CC[C@@]12C[C@@H]1NCC[C@H]1O2. The van der Waals surface area contributed by atoms with E-state index in [1.807, 2.05) is 0 Å². The van der Waals surface area contributed by atoms with Crippen LogP contribution in [0.15, 0.2) is 23.8 Å². The molecule has 6 rings (SSSR count). The molecule has 6 aliphatic rings. The maximum atomic E-state index is 10.2. The fourth-order valence-electron chi connectivity index (χ4n) is 8.39. The van der Waals surface area contributed by atoms with Gasteiger partial charge in [-0.3, -0.25) is 0 Å². The van der Waals surface area contributed by atoms with Crippen LogP contribution in [0.5, 0.6) is 0 Å². The summed E-state index contributed by atoms with van der Waals surface area (Å²) in [6.07, 6.45) is 13.3. The Morgan fingerprint density at radius 3 is 2.96 bits per heavy atom. The van der Waals surface area contributed by atoms with Crippen LogP contribution in [0.25, 0.3) is 0 Å². The lowest BCUT2D eigenvalue weighted by Crippen LogP contribution is -2.43. The number of hydrogen-bond donors (Lipinski definition) is 2. The van der Waals surface area contributed by atoms with E-state index in [1.54, 1.807) is 5.57 Å². The molecular formula is C24H35NO2. The van der Waals surface area contributed by atoms with E-state index >= 15 is 0 Å². The van der Waals surface area contributed by atoms with E-state index in [9.17, 15) is 5.11 Å². The van der Waals surface area contributed by atoms with Gasteiger partial charge in [0.2, 0.25) is 0 Å². The number of fused-ring (bicyclic) bond motifs is 6. The highest BCUT2D eigenvalue weighted by atomic mass is 16.5. The molecule has 3 saturated carbocycles. The van der Waals surface area contributed by atoms with Gasteiger partial charge in [-0.2, -0.15) is 0 Å². The van der Waals surface area contributed by atoms with Crippen molar-refractivity contribution in [3.63, 3.8) is 0 Å². The molecule has 4 aliphatic carbocycles. The third kappa shape index (κ3) is 2.25. The predicted octanol–water partition coefficient (Wildman–Crippen LogP) is 3.98. The molecule has 5 fully saturated rings. The Morgan fingerprint density at radius 2 is 2.11 bits per heavy atom. The van der Waals surface area contributed by atoms with Gasteiger partial charge in [0.25, 0.3) is 0 Å². The molecule has 2 saturated heterocycles. The molecule has 0 aromatic heterocycles. The molecule has 0 radical (unpaired) electrons. The van der Waals surface area contributed by atoms with Crippen molar-refractivity contribution in [3.8, 4) is 0 Å². The third-order valence-electron chi connectivity index (χ3n) is 9.86. The second-order valence-electron chi connectivity index (χ2n) is 10.8. The van der Waals surface area contributed by atoms with E-state index in [1.165, 1.54) is 44.1 Å². The fraction of sp³-hybridized carbons (Fsp3) is 0.833. The van der Waals surface area contributed by atoms with Gasteiger partial charge in [0, 0.05) is 6.04 Å². The summed E-state index contributed by atoms with van der Waals surface area (Å²) in [5, 5.41) is 13.9. The lowest BCUT2D eigenvalue weighted by Gasteiger charge is -2.49. The Kier molecular flexibility index (Phi) is 3.64. The number of aliphatic hydroxyl groups excluding tert-OH is 1. The summed E-state index contributed by atoms with van der Waals surface area (Å²) < 4.78 is 6.73. The standard InChI is InChI=1S/C24H35NO2/c1-14-19-12-20-18(4-3-15-11-16(26)5-8-23(15,20)2)17(19)6-9-24(14)13-21-22(27-24)7-10-25-21/h3,16-22,25-26H,1,4-13H2,2H3/t16-,17-,18-,19-,20-,21-,22+,23-,24+/m0/s1. The molecule has 2 N–H and O–H groups in total. The lowest BCUT2D eigenvalue weighted by atomic mass is 9.56. The second kappa shape index (κ2) is 5.70. The number of allylic oxidation sites excluding steroid dienone is 1. The Labute approximate surface area is 163 Å². The minimum absolute atomic E-state index is 0.0304. The molecule has 2 heterocycles. The fourth-order valence-corrected chi connectivity index (χ4v) is 8.39. The molecular weight excluding hydrogens is 334 g/mol. The van der Waals surface area contributed by atoms with Crippen LogP contribution in [0.2, 0.25) is 0 Å². The van der Waals surface area contributed by atoms with Crippen LogP contribution in [0.1, 0.15) is 64.7 Å². The van der Waals surface area contributed by atoms with Gasteiger partial charge in [-0.1, -0.05) is 25.2 Å². The molecule has 3 heteroatoms. The van der Waals surface area contributed by atoms with E-state index in [0.717, 1.165) is 43.6 Å². The van der Waals surface area contributed by atoms with E-state index in [4.69, 9.17) is 11.3 Å². The van der Waals surface area contributed by atoms with Crippen LogP contribution < -0.4 is 5.32 Å². The van der Waals surface area contributed by atoms with Crippen molar-refractivity contribution in [2.75, 3.05) is 6.54 Å². The van der Waals surface area contributed by atoms with E-state index in [0.29, 0.717) is 23.5 Å². The van der Waals surface area contributed by atoms with Gasteiger partial charge < -0.3 is 15.2 Å². The molecule has 0 bridgehead atoms. The molecule has 0 unspecified atom stereocenters. The van der Waals surface area contributed by atoms with Crippen LogP contribution in [0.4, 0.5) is 0 Å². The van der Waals surface area contributed by atoms with Crippen molar-refractivity contribution in [1.82, 2.24) is 5.32 Å². The van der Waals surface area contributed by atoms with Crippen LogP contribution >= 0.6 is 0 Å². The normalized spacial score (nSPS) is 56.4. The second-order valence-corrected chi connectivity index (χ2v) is 10.8. The van der Waals surface area contributed by atoms with Gasteiger partial charge in [-0.05, 0) is 99.0 Å². The molecule has 0 amide bonds. The summed E-state index contributed by atoms with van der Waals surface area (Å²) in [6, 6.07) is 0.563. The number of rotatable bonds is 0. The third-order valence-corrected chi connectivity index (χ3v) is 9.86.